The summed E-state index contributed by atoms with van der Waals surface area (Å²) in [6.07, 6.45) is 1.02. The Bertz CT molecular complexity index is 357. The van der Waals surface area contributed by atoms with Gasteiger partial charge in [0.25, 0.3) is 0 Å². The Hall–Kier alpha value is -1.26. The first-order valence-electron chi connectivity index (χ1n) is 6.27. The molecule has 0 aliphatic carbocycles. The van der Waals surface area contributed by atoms with Gasteiger partial charge in [-0.1, -0.05) is 19.1 Å². The number of benzene rings is 1. The number of nitrogens with one attached hydrogen (secondary N) is 1. The van der Waals surface area contributed by atoms with Crippen molar-refractivity contribution < 1.29 is 14.6 Å². The molecule has 1 aromatic carbocycles. The molecule has 0 fully saturated rings. The van der Waals surface area contributed by atoms with Gasteiger partial charge in [0.15, 0.2) is 11.5 Å². The molecule has 4 nitrogen and oxygen atoms in total. The molecule has 0 saturated carbocycles. The zero-order valence-electron chi connectivity index (χ0n) is 11.4. The molecule has 102 valence electrons. The van der Waals surface area contributed by atoms with Crippen molar-refractivity contribution in [2.75, 3.05) is 26.9 Å². The van der Waals surface area contributed by atoms with Gasteiger partial charge in [0.1, 0.15) is 6.61 Å². The van der Waals surface area contributed by atoms with E-state index in [1.54, 1.807) is 7.11 Å². The maximum Gasteiger partial charge on any atom is 0.161 e. The topological polar surface area (TPSA) is 50.7 Å². The van der Waals surface area contributed by atoms with E-state index in [0.29, 0.717) is 18.1 Å². The van der Waals surface area contributed by atoms with Crippen LogP contribution in [0.2, 0.25) is 0 Å². The van der Waals surface area contributed by atoms with E-state index < -0.39 is 5.54 Å². The largest absolute Gasteiger partial charge is 0.493 e. The van der Waals surface area contributed by atoms with Crippen LogP contribution >= 0.6 is 0 Å². The quantitative estimate of drug-likeness (QED) is 0.742. The first kappa shape index (κ1) is 14.8. The zero-order valence-corrected chi connectivity index (χ0v) is 11.4. The monoisotopic (exact) mass is 253 g/mol. The standard InChI is InChI=1S/C14H23NO3/c1-4-9-15-14(2,10-16)11-18-13-8-6-5-7-12(13)17-3/h5-8,15-16H,4,9-11H2,1-3H3. The smallest absolute Gasteiger partial charge is 0.161 e. The van der Waals surface area contributed by atoms with Gasteiger partial charge < -0.3 is 19.9 Å². The summed E-state index contributed by atoms with van der Waals surface area (Å²) in [6, 6.07) is 7.50. The second kappa shape index (κ2) is 7.24. The van der Waals surface area contributed by atoms with Gasteiger partial charge in [-0.3, -0.25) is 0 Å². The Balaban J connectivity index is 2.61. The lowest BCUT2D eigenvalue weighted by Gasteiger charge is -2.28. The van der Waals surface area contributed by atoms with Gasteiger partial charge in [-0.15, -0.1) is 0 Å². The lowest BCUT2D eigenvalue weighted by Crippen LogP contribution is -2.50. The number of rotatable bonds is 8. The maximum absolute atomic E-state index is 9.44. The Kier molecular flexibility index (Phi) is 5.95. The minimum Gasteiger partial charge on any atom is -0.493 e. The van der Waals surface area contributed by atoms with E-state index in [2.05, 4.69) is 12.2 Å². The second-order valence-corrected chi connectivity index (χ2v) is 4.59. The van der Waals surface area contributed by atoms with Crippen molar-refractivity contribution in [2.24, 2.45) is 0 Å². The van der Waals surface area contributed by atoms with E-state index in [1.165, 1.54) is 0 Å². The molecule has 0 bridgehead atoms. The average Bonchev–Trinajstić information content (AvgIpc) is 2.43. The Morgan fingerprint density at radius 3 is 2.50 bits per heavy atom. The van der Waals surface area contributed by atoms with Crippen molar-refractivity contribution in [3.63, 3.8) is 0 Å². The van der Waals surface area contributed by atoms with Crippen LogP contribution in [0.25, 0.3) is 0 Å². The maximum atomic E-state index is 9.44. The Morgan fingerprint density at radius 2 is 1.94 bits per heavy atom. The molecule has 18 heavy (non-hydrogen) atoms. The van der Waals surface area contributed by atoms with Crippen LogP contribution in [0.4, 0.5) is 0 Å². The molecular weight excluding hydrogens is 230 g/mol. The minimum atomic E-state index is -0.434. The van der Waals surface area contributed by atoms with Gasteiger partial charge in [0.2, 0.25) is 0 Å². The number of aliphatic hydroxyl groups is 1. The summed E-state index contributed by atoms with van der Waals surface area (Å²) >= 11 is 0. The molecule has 1 unspecified atom stereocenters. The summed E-state index contributed by atoms with van der Waals surface area (Å²) in [6.45, 7) is 5.31. The van der Waals surface area contributed by atoms with Gasteiger partial charge in [0.05, 0.1) is 19.3 Å². The van der Waals surface area contributed by atoms with E-state index in [9.17, 15) is 5.11 Å². The van der Waals surface area contributed by atoms with Crippen molar-refractivity contribution in [3.05, 3.63) is 24.3 Å². The molecular formula is C14H23NO3. The van der Waals surface area contributed by atoms with Crippen molar-refractivity contribution in [3.8, 4) is 11.5 Å². The lowest BCUT2D eigenvalue weighted by molar-refractivity contribution is 0.114. The molecule has 1 atom stereocenters. The number of aliphatic hydroxyl groups excluding tert-OH is 1. The lowest BCUT2D eigenvalue weighted by atomic mass is 10.1. The molecule has 0 aliphatic rings. The summed E-state index contributed by atoms with van der Waals surface area (Å²) in [5.74, 6) is 1.39. The summed E-state index contributed by atoms with van der Waals surface area (Å²) < 4.78 is 11.0. The highest BCUT2D eigenvalue weighted by Crippen LogP contribution is 2.26. The molecule has 0 radical (unpaired) electrons. The fourth-order valence-electron chi connectivity index (χ4n) is 1.55. The fraction of sp³-hybridized carbons (Fsp3) is 0.571. The normalized spacial score (nSPS) is 14.0. The first-order valence-corrected chi connectivity index (χ1v) is 6.27. The highest BCUT2D eigenvalue weighted by Gasteiger charge is 2.23. The highest BCUT2D eigenvalue weighted by molar-refractivity contribution is 5.39. The third kappa shape index (κ3) is 4.20. The van der Waals surface area contributed by atoms with Crippen LogP contribution in [0, 0.1) is 0 Å². The molecule has 0 spiro atoms. The fourth-order valence-corrected chi connectivity index (χ4v) is 1.55. The number of para-hydroxylation sites is 2. The van der Waals surface area contributed by atoms with E-state index in [4.69, 9.17) is 9.47 Å². The molecule has 0 aliphatic heterocycles. The third-order valence-corrected chi connectivity index (χ3v) is 2.77. The predicted octanol–water partition coefficient (Wildman–Crippen LogP) is 1.82. The zero-order chi connectivity index (χ0) is 13.4. The summed E-state index contributed by atoms with van der Waals surface area (Å²) in [7, 11) is 1.61. The highest BCUT2D eigenvalue weighted by atomic mass is 16.5. The minimum absolute atomic E-state index is 0.0299. The Labute approximate surface area is 109 Å². The van der Waals surface area contributed by atoms with Gasteiger partial charge in [-0.05, 0) is 32.0 Å². The molecule has 1 aromatic rings. The predicted molar refractivity (Wildman–Crippen MR) is 72.3 cm³/mol. The summed E-state index contributed by atoms with van der Waals surface area (Å²) in [4.78, 5) is 0. The Morgan fingerprint density at radius 1 is 1.28 bits per heavy atom. The number of hydrogen-bond acceptors (Lipinski definition) is 4. The third-order valence-electron chi connectivity index (χ3n) is 2.77. The molecule has 0 saturated heterocycles. The molecule has 0 aromatic heterocycles. The van der Waals surface area contributed by atoms with Crippen LogP contribution in [-0.2, 0) is 0 Å². The van der Waals surface area contributed by atoms with Gasteiger partial charge in [-0.2, -0.15) is 0 Å². The van der Waals surface area contributed by atoms with Crippen LogP contribution < -0.4 is 14.8 Å². The van der Waals surface area contributed by atoms with E-state index in [0.717, 1.165) is 13.0 Å². The number of ether oxygens (including phenoxy) is 2. The van der Waals surface area contributed by atoms with Crippen LogP contribution in [0.5, 0.6) is 11.5 Å². The average molecular weight is 253 g/mol. The van der Waals surface area contributed by atoms with Crippen molar-refractivity contribution in [2.45, 2.75) is 25.8 Å². The second-order valence-electron chi connectivity index (χ2n) is 4.59. The molecule has 0 heterocycles. The van der Waals surface area contributed by atoms with E-state index in [1.807, 2.05) is 31.2 Å². The SMILES string of the molecule is CCCNC(C)(CO)COc1ccccc1OC. The van der Waals surface area contributed by atoms with Crippen molar-refractivity contribution in [1.29, 1.82) is 0 Å². The molecule has 0 amide bonds. The molecule has 1 rings (SSSR count). The first-order chi connectivity index (χ1) is 8.65. The number of methoxy groups -OCH3 is 1. The van der Waals surface area contributed by atoms with Gasteiger partial charge in [-0.25, -0.2) is 0 Å². The van der Waals surface area contributed by atoms with Crippen LogP contribution in [0.1, 0.15) is 20.3 Å². The number of hydrogen-bond donors (Lipinski definition) is 2. The summed E-state index contributed by atoms with van der Waals surface area (Å²) in [5.41, 5.74) is -0.434. The van der Waals surface area contributed by atoms with Crippen molar-refractivity contribution >= 4 is 0 Å². The van der Waals surface area contributed by atoms with Crippen LogP contribution in [-0.4, -0.2) is 37.5 Å². The molecule has 4 heteroatoms. The van der Waals surface area contributed by atoms with Crippen molar-refractivity contribution in [1.82, 2.24) is 5.32 Å². The molecule has 2 N–H and O–H groups in total. The van der Waals surface area contributed by atoms with Gasteiger partial charge in [0, 0.05) is 0 Å². The van der Waals surface area contributed by atoms with Crippen LogP contribution in [0.3, 0.4) is 0 Å². The van der Waals surface area contributed by atoms with E-state index in [-0.39, 0.29) is 6.61 Å². The van der Waals surface area contributed by atoms with E-state index >= 15 is 0 Å². The van der Waals surface area contributed by atoms with Crippen LogP contribution in [0.15, 0.2) is 24.3 Å². The summed E-state index contributed by atoms with van der Waals surface area (Å²) in [5, 5.41) is 12.7. The van der Waals surface area contributed by atoms with Gasteiger partial charge >= 0.3 is 0 Å².